The van der Waals surface area contributed by atoms with Crippen molar-refractivity contribution in [2.45, 2.75) is 27.2 Å². The van der Waals surface area contributed by atoms with Crippen molar-refractivity contribution in [3.05, 3.63) is 53.8 Å². The van der Waals surface area contributed by atoms with Gasteiger partial charge in [-0.05, 0) is 72.7 Å². The van der Waals surface area contributed by atoms with Crippen molar-refractivity contribution < 1.29 is 28.6 Å². The summed E-state index contributed by atoms with van der Waals surface area (Å²) in [6, 6.07) is 7.22. The van der Waals surface area contributed by atoms with Crippen LogP contribution >= 0.6 is 33.9 Å². The standard InChI is InChI=1S/C23H22INO6S/c1-5-30-22(27)20-13(3)21(23(28)31-6-2)32-19(20)11-17(26)15(12-25)9-14-7-8-18(29-4)16(24)10-14/h7-10H,5-6,11H2,1-4H3/b15-9+. The molecule has 0 saturated heterocycles. The van der Waals surface area contributed by atoms with E-state index in [2.05, 4.69) is 22.6 Å². The van der Waals surface area contributed by atoms with Crippen molar-refractivity contribution >= 4 is 57.7 Å². The third-order valence-corrected chi connectivity index (χ3v) is 6.50. The third-order valence-electron chi connectivity index (χ3n) is 4.39. The second-order valence-electron chi connectivity index (χ2n) is 6.46. The third kappa shape index (κ3) is 5.95. The summed E-state index contributed by atoms with van der Waals surface area (Å²) in [7, 11) is 1.56. The summed E-state index contributed by atoms with van der Waals surface area (Å²) >= 11 is 3.11. The molecule has 0 radical (unpaired) electrons. The Bertz CT molecular complexity index is 1110. The molecule has 168 valence electrons. The van der Waals surface area contributed by atoms with E-state index in [1.807, 2.05) is 6.07 Å². The van der Waals surface area contributed by atoms with Gasteiger partial charge in [-0.25, -0.2) is 9.59 Å². The lowest BCUT2D eigenvalue weighted by atomic mass is 10.0. The fourth-order valence-corrected chi connectivity index (χ4v) is 4.86. The van der Waals surface area contributed by atoms with Crippen LogP contribution < -0.4 is 4.74 Å². The smallest absolute Gasteiger partial charge is 0.348 e. The van der Waals surface area contributed by atoms with Gasteiger partial charge >= 0.3 is 11.9 Å². The maximum atomic E-state index is 12.9. The van der Waals surface area contributed by atoms with Crippen LogP contribution in [-0.2, 0) is 20.7 Å². The van der Waals surface area contributed by atoms with Gasteiger partial charge in [0.15, 0.2) is 5.78 Å². The molecule has 0 aliphatic heterocycles. The quantitative estimate of drug-likeness (QED) is 0.187. The normalized spacial score (nSPS) is 10.9. The summed E-state index contributed by atoms with van der Waals surface area (Å²) in [4.78, 5) is 38.3. The average Bonchev–Trinajstić information content (AvgIpc) is 3.08. The monoisotopic (exact) mass is 567 g/mol. The number of nitrogens with zero attached hydrogens (tertiary/aromatic N) is 1. The minimum atomic E-state index is -0.619. The topological polar surface area (TPSA) is 103 Å². The number of esters is 2. The van der Waals surface area contributed by atoms with E-state index in [1.165, 1.54) is 6.08 Å². The van der Waals surface area contributed by atoms with Gasteiger partial charge in [-0.3, -0.25) is 4.79 Å². The number of benzene rings is 1. The zero-order chi connectivity index (χ0) is 23.8. The minimum Gasteiger partial charge on any atom is -0.496 e. The van der Waals surface area contributed by atoms with E-state index in [0.29, 0.717) is 21.8 Å². The Balaban J connectivity index is 2.42. The van der Waals surface area contributed by atoms with Crippen LogP contribution in [-0.4, -0.2) is 38.0 Å². The van der Waals surface area contributed by atoms with E-state index in [4.69, 9.17) is 14.2 Å². The molecule has 0 fully saturated rings. The number of ketones is 1. The van der Waals surface area contributed by atoms with Gasteiger partial charge in [-0.1, -0.05) is 6.07 Å². The summed E-state index contributed by atoms with van der Waals surface area (Å²) in [6.45, 7) is 5.30. The van der Waals surface area contributed by atoms with Gasteiger partial charge in [-0.2, -0.15) is 5.26 Å². The molecule has 7 nitrogen and oxygen atoms in total. The summed E-state index contributed by atoms with van der Waals surface area (Å²) in [5.41, 5.74) is 1.18. The maximum Gasteiger partial charge on any atom is 0.348 e. The molecular formula is C23H22INO6S. The van der Waals surface area contributed by atoms with Crippen LogP contribution in [0.4, 0.5) is 0 Å². The Morgan fingerprint density at radius 1 is 1.16 bits per heavy atom. The van der Waals surface area contributed by atoms with Gasteiger partial charge in [0.1, 0.15) is 16.7 Å². The van der Waals surface area contributed by atoms with Crippen LogP contribution in [0.2, 0.25) is 0 Å². The molecule has 9 heteroatoms. The zero-order valence-corrected chi connectivity index (χ0v) is 21.1. The van der Waals surface area contributed by atoms with Gasteiger partial charge in [0.05, 0.1) is 35.0 Å². The van der Waals surface area contributed by atoms with E-state index in [0.717, 1.165) is 14.9 Å². The fourth-order valence-electron chi connectivity index (χ4n) is 2.91. The number of ether oxygens (including phenoxy) is 3. The van der Waals surface area contributed by atoms with E-state index in [1.54, 1.807) is 46.1 Å². The number of halogens is 1. The number of carbonyl (C=O) groups is 3. The van der Waals surface area contributed by atoms with E-state index in [9.17, 15) is 19.6 Å². The molecule has 0 saturated carbocycles. The Morgan fingerprint density at radius 2 is 1.81 bits per heavy atom. The van der Waals surface area contributed by atoms with Gasteiger partial charge in [-0.15, -0.1) is 11.3 Å². The van der Waals surface area contributed by atoms with Crippen molar-refractivity contribution in [1.29, 1.82) is 5.26 Å². The second-order valence-corrected chi connectivity index (χ2v) is 8.73. The molecule has 1 heterocycles. The van der Waals surface area contributed by atoms with Crippen LogP contribution in [0.25, 0.3) is 6.08 Å². The Kier molecular flexibility index (Phi) is 9.41. The number of allylic oxidation sites excluding steroid dienone is 1. The first-order chi connectivity index (χ1) is 15.3. The summed E-state index contributed by atoms with van der Waals surface area (Å²) < 4.78 is 16.2. The Labute approximate surface area is 204 Å². The molecule has 0 bridgehead atoms. The number of thiophene rings is 1. The molecule has 0 spiro atoms. The number of rotatable bonds is 9. The molecule has 1 aromatic heterocycles. The fraction of sp³-hybridized carbons (Fsp3) is 0.304. The lowest BCUT2D eigenvalue weighted by Gasteiger charge is -2.06. The van der Waals surface area contributed by atoms with Crippen molar-refractivity contribution in [2.75, 3.05) is 20.3 Å². The van der Waals surface area contributed by atoms with Gasteiger partial charge in [0, 0.05) is 11.3 Å². The number of carbonyl (C=O) groups excluding carboxylic acids is 3. The number of methoxy groups -OCH3 is 1. The lowest BCUT2D eigenvalue weighted by molar-refractivity contribution is -0.114. The molecule has 0 amide bonds. The Morgan fingerprint density at radius 3 is 2.38 bits per heavy atom. The average molecular weight is 567 g/mol. The van der Waals surface area contributed by atoms with E-state index >= 15 is 0 Å². The Hall–Kier alpha value is -2.71. The zero-order valence-electron chi connectivity index (χ0n) is 18.1. The van der Waals surface area contributed by atoms with Crippen LogP contribution in [0.1, 0.15) is 49.9 Å². The molecular weight excluding hydrogens is 545 g/mol. The highest BCUT2D eigenvalue weighted by molar-refractivity contribution is 14.1. The van der Waals surface area contributed by atoms with E-state index < -0.39 is 17.7 Å². The largest absolute Gasteiger partial charge is 0.496 e. The van der Waals surface area contributed by atoms with E-state index in [-0.39, 0.29) is 35.6 Å². The number of hydrogen-bond acceptors (Lipinski definition) is 8. The highest BCUT2D eigenvalue weighted by Crippen LogP contribution is 2.31. The molecule has 0 atom stereocenters. The number of Topliss-reactive ketones (excluding diaryl/α,β-unsaturated/α-hetero) is 1. The number of hydrogen-bond donors (Lipinski definition) is 0. The van der Waals surface area contributed by atoms with Crippen LogP contribution in [0.5, 0.6) is 5.75 Å². The first-order valence-electron chi connectivity index (χ1n) is 9.72. The molecule has 0 aliphatic carbocycles. The molecule has 0 unspecified atom stereocenters. The molecule has 1 aromatic carbocycles. The summed E-state index contributed by atoms with van der Waals surface area (Å²) in [6.07, 6.45) is 1.27. The first-order valence-corrected chi connectivity index (χ1v) is 11.6. The highest BCUT2D eigenvalue weighted by Gasteiger charge is 2.28. The SMILES string of the molecule is CCOC(=O)c1sc(CC(=O)/C(C#N)=C/c2ccc(OC)c(I)c2)c(C(=O)OCC)c1C. The van der Waals surface area contributed by atoms with Crippen molar-refractivity contribution in [1.82, 2.24) is 0 Å². The second kappa shape index (κ2) is 11.8. The highest BCUT2D eigenvalue weighted by atomic mass is 127. The van der Waals surface area contributed by atoms with Crippen LogP contribution in [0.3, 0.4) is 0 Å². The molecule has 0 aliphatic rings. The van der Waals surface area contributed by atoms with Crippen molar-refractivity contribution in [3.8, 4) is 11.8 Å². The predicted octanol–water partition coefficient (Wildman–Crippen LogP) is 4.74. The molecule has 2 aromatic rings. The maximum absolute atomic E-state index is 12.9. The summed E-state index contributed by atoms with van der Waals surface area (Å²) in [5, 5.41) is 9.56. The number of nitriles is 1. The minimum absolute atomic E-state index is 0.0653. The van der Waals surface area contributed by atoms with Crippen molar-refractivity contribution in [2.24, 2.45) is 0 Å². The van der Waals surface area contributed by atoms with Gasteiger partial charge in [0.2, 0.25) is 0 Å². The molecule has 2 rings (SSSR count). The first kappa shape index (κ1) is 25.5. The molecule has 32 heavy (non-hydrogen) atoms. The molecule has 0 N–H and O–H groups in total. The van der Waals surface area contributed by atoms with Gasteiger partial charge < -0.3 is 14.2 Å². The summed E-state index contributed by atoms with van der Waals surface area (Å²) in [5.74, 6) is -0.970. The lowest BCUT2D eigenvalue weighted by Crippen LogP contribution is -2.12. The predicted molar refractivity (Wildman–Crippen MR) is 129 cm³/mol. The van der Waals surface area contributed by atoms with Crippen molar-refractivity contribution in [3.63, 3.8) is 0 Å². The van der Waals surface area contributed by atoms with Crippen LogP contribution in [0, 0.1) is 21.8 Å². The van der Waals surface area contributed by atoms with Crippen LogP contribution in [0.15, 0.2) is 23.8 Å². The van der Waals surface area contributed by atoms with Gasteiger partial charge in [0.25, 0.3) is 0 Å².